The molecule has 0 aliphatic rings. The molecule has 0 radical (unpaired) electrons. The highest BCUT2D eigenvalue weighted by Gasteiger charge is 2.14. The lowest BCUT2D eigenvalue weighted by atomic mass is 10.2. The highest BCUT2D eigenvalue weighted by Crippen LogP contribution is 2.25. The number of hydrogen-bond donors (Lipinski definition) is 2. The van der Waals surface area contributed by atoms with Gasteiger partial charge in [-0.15, -0.1) is 11.8 Å². The van der Waals surface area contributed by atoms with E-state index in [4.69, 9.17) is 10.5 Å². The molecule has 1 rings (SSSR count). The van der Waals surface area contributed by atoms with Gasteiger partial charge in [0, 0.05) is 6.07 Å². The first kappa shape index (κ1) is 14.7. The molecule has 0 saturated heterocycles. The van der Waals surface area contributed by atoms with Crippen LogP contribution < -0.4 is 15.8 Å². The number of anilines is 2. The van der Waals surface area contributed by atoms with Crippen LogP contribution in [0.5, 0.6) is 5.75 Å². The summed E-state index contributed by atoms with van der Waals surface area (Å²) >= 11 is 1.64. The van der Waals surface area contributed by atoms with Crippen LogP contribution in [0.15, 0.2) is 18.2 Å². The van der Waals surface area contributed by atoms with Gasteiger partial charge in [-0.05, 0) is 31.2 Å². The molecule has 0 aliphatic heterocycles. The van der Waals surface area contributed by atoms with Gasteiger partial charge in [0.05, 0.1) is 23.7 Å². The van der Waals surface area contributed by atoms with Crippen LogP contribution in [0.2, 0.25) is 0 Å². The Hall–Kier alpha value is -1.36. The molecule has 0 aromatic heterocycles. The van der Waals surface area contributed by atoms with Crippen LogP contribution in [0, 0.1) is 0 Å². The first-order valence-corrected chi connectivity index (χ1v) is 6.99. The van der Waals surface area contributed by atoms with E-state index in [1.807, 2.05) is 6.92 Å². The van der Waals surface area contributed by atoms with Gasteiger partial charge in [-0.25, -0.2) is 0 Å². The molecule has 1 aromatic rings. The monoisotopic (exact) mass is 268 g/mol. The molecule has 0 fully saturated rings. The zero-order valence-electron chi connectivity index (χ0n) is 11.0. The van der Waals surface area contributed by atoms with Crippen molar-refractivity contribution in [3.8, 4) is 5.75 Å². The molecule has 4 nitrogen and oxygen atoms in total. The summed E-state index contributed by atoms with van der Waals surface area (Å²) in [6.45, 7) is 3.99. The third-order valence-corrected chi connectivity index (χ3v) is 3.82. The molecule has 1 unspecified atom stereocenters. The minimum Gasteiger partial charge on any atom is -0.497 e. The molecule has 0 spiro atoms. The second kappa shape index (κ2) is 7.16. The second-order valence-corrected chi connectivity index (χ2v) is 5.40. The molecule has 0 heterocycles. The van der Waals surface area contributed by atoms with Crippen molar-refractivity contribution in [2.24, 2.45) is 0 Å². The highest BCUT2D eigenvalue weighted by molar-refractivity contribution is 8.00. The van der Waals surface area contributed by atoms with Crippen molar-refractivity contribution >= 4 is 29.0 Å². The molecule has 1 amide bonds. The standard InChI is InChI=1S/C13H20N2O2S/c1-4-7-18-9(2)13(16)15-12-6-5-10(17-3)8-11(12)14/h5-6,8-9H,4,7,14H2,1-3H3,(H,15,16). The van der Waals surface area contributed by atoms with E-state index < -0.39 is 0 Å². The van der Waals surface area contributed by atoms with Gasteiger partial charge in [-0.2, -0.15) is 0 Å². The number of thioether (sulfide) groups is 1. The summed E-state index contributed by atoms with van der Waals surface area (Å²) in [5.74, 6) is 1.64. The van der Waals surface area contributed by atoms with Gasteiger partial charge in [0.1, 0.15) is 5.75 Å². The number of ether oxygens (including phenoxy) is 1. The molecule has 0 bridgehead atoms. The highest BCUT2D eigenvalue weighted by atomic mass is 32.2. The fourth-order valence-electron chi connectivity index (χ4n) is 1.39. The minimum atomic E-state index is -0.0774. The van der Waals surface area contributed by atoms with E-state index in [0.717, 1.165) is 12.2 Å². The lowest BCUT2D eigenvalue weighted by Gasteiger charge is -2.13. The number of nitrogens with one attached hydrogen (secondary N) is 1. The summed E-state index contributed by atoms with van der Waals surface area (Å²) < 4.78 is 5.06. The number of hydrogen-bond acceptors (Lipinski definition) is 4. The molecule has 1 atom stereocenters. The lowest BCUT2D eigenvalue weighted by Crippen LogP contribution is -2.23. The Kier molecular flexibility index (Phi) is 5.85. The molecule has 100 valence electrons. The van der Waals surface area contributed by atoms with Crippen molar-refractivity contribution in [3.63, 3.8) is 0 Å². The maximum Gasteiger partial charge on any atom is 0.237 e. The first-order chi connectivity index (χ1) is 8.58. The first-order valence-electron chi connectivity index (χ1n) is 5.94. The summed E-state index contributed by atoms with van der Waals surface area (Å²) in [6, 6.07) is 5.22. The molecular weight excluding hydrogens is 248 g/mol. The number of carbonyl (C=O) groups excluding carboxylic acids is 1. The summed E-state index contributed by atoms with van der Waals surface area (Å²) in [4.78, 5) is 11.9. The Bertz CT molecular complexity index is 410. The van der Waals surface area contributed by atoms with E-state index in [2.05, 4.69) is 12.2 Å². The molecule has 3 N–H and O–H groups in total. The number of nitrogen functional groups attached to an aromatic ring is 1. The second-order valence-electron chi connectivity index (χ2n) is 3.96. The summed E-state index contributed by atoms with van der Waals surface area (Å²) in [5.41, 5.74) is 6.98. The number of carbonyl (C=O) groups is 1. The Balaban J connectivity index is 2.64. The predicted molar refractivity (Wildman–Crippen MR) is 78.2 cm³/mol. The fourth-order valence-corrected chi connectivity index (χ4v) is 2.19. The van der Waals surface area contributed by atoms with Gasteiger partial charge in [0.25, 0.3) is 0 Å². The Morgan fingerprint density at radius 3 is 2.83 bits per heavy atom. The van der Waals surface area contributed by atoms with Gasteiger partial charge in [0.15, 0.2) is 0 Å². The van der Waals surface area contributed by atoms with Crippen LogP contribution in [0.4, 0.5) is 11.4 Å². The van der Waals surface area contributed by atoms with Crippen LogP contribution in [-0.4, -0.2) is 24.0 Å². The Labute approximate surface area is 112 Å². The third-order valence-electron chi connectivity index (χ3n) is 2.46. The van der Waals surface area contributed by atoms with E-state index in [9.17, 15) is 4.79 Å². The van der Waals surface area contributed by atoms with E-state index in [1.54, 1.807) is 37.1 Å². The predicted octanol–water partition coefficient (Wildman–Crippen LogP) is 2.75. The summed E-state index contributed by atoms with van der Waals surface area (Å²) in [5, 5.41) is 2.75. The van der Waals surface area contributed by atoms with E-state index in [0.29, 0.717) is 17.1 Å². The molecule has 5 heteroatoms. The van der Waals surface area contributed by atoms with Crippen molar-refractivity contribution in [3.05, 3.63) is 18.2 Å². The SMILES string of the molecule is CCCSC(C)C(=O)Nc1ccc(OC)cc1N. The van der Waals surface area contributed by atoms with Gasteiger partial charge in [-0.1, -0.05) is 6.92 Å². The summed E-state index contributed by atoms with van der Waals surface area (Å²) in [6.07, 6.45) is 1.06. The van der Waals surface area contributed by atoms with E-state index in [-0.39, 0.29) is 11.2 Å². The number of rotatable bonds is 6. The van der Waals surface area contributed by atoms with Crippen molar-refractivity contribution in [2.75, 3.05) is 23.9 Å². The van der Waals surface area contributed by atoms with Crippen molar-refractivity contribution in [2.45, 2.75) is 25.5 Å². The third kappa shape index (κ3) is 4.14. The van der Waals surface area contributed by atoms with Crippen LogP contribution in [0.25, 0.3) is 0 Å². The normalized spacial score (nSPS) is 11.9. The van der Waals surface area contributed by atoms with Crippen molar-refractivity contribution in [1.29, 1.82) is 0 Å². The Morgan fingerprint density at radius 2 is 2.28 bits per heavy atom. The average molecular weight is 268 g/mol. The Morgan fingerprint density at radius 1 is 1.56 bits per heavy atom. The maximum absolute atomic E-state index is 11.9. The van der Waals surface area contributed by atoms with E-state index in [1.165, 1.54) is 0 Å². The molecule has 1 aromatic carbocycles. The number of benzene rings is 1. The zero-order valence-corrected chi connectivity index (χ0v) is 11.8. The van der Waals surface area contributed by atoms with Gasteiger partial charge in [-0.3, -0.25) is 4.79 Å². The lowest BCUT2D eigenvalue weighted by molar-refractivity contribution is -0.115. The smallest absolute Gasteiger partial charge is 0.237 e. The largest absolute Gasteiger partial charge is 0.497 e. The average Bonchev–Trinajstić information content (AvgIpc) is 2.38. The molecule has 0 aliphatic carbocycles. The van der Waals surface area contributed by atoms with E-state index >= 15 is 0 Å². The zero-order chi connectivity index (χ0) is 13.5. The number of amides is 1. The molecule has 0 saturated carbocycles. The van der Waals surface area contributed by atoms with Crippen LogP contribution in [-0.2, 0) is 4.79 Å². The topological polar surface area (TPSA) is 64.3 Å². The molecular formula is C13H20N2O2S. The van der Waals surface area contributed by atoms with Crippen molar-refractivity contribution in [1.82, 2.24) is 0 Å². The molecule has 18 heavy (non-hydrogen) atoms. The van der Waals surface area contributed by atoms with Crippen molar-refractivity contribution < 1.29 is 9.53 Å². The minimum absolute atomic E-state index is 0.0229. The van der Waals surface area contributed by atoms with Crippen LogP contribution >= 0.6 is 11.8 Å². The quantitative estimate of drug-likeness (QED) is 0.779. The van der Waals surface area contributed by atoms with Crippen LogP contribution in [0.3, 0.4) is 0 Å². The fraction of sp³-hybridized carbons (Fsp3) is 0.462. The van der Waals surface area contributed by atoms with Gasteiger partial charge < -0.3 is 15.8 Å². The van der Waals surface area contributed by atoms with Crippen LogP contribution in [0.1, 0.15) is 20.3 Å². The number of nitrogens with two attached hydrogens (primary N) is 1. The number of methoxy groups -OCH3 is 1. The van der Waals surface area contributed by atoms with Gasteiger partial charge in [0.2, 0.25) is 5.91 Å². The maximum atomic E-state index is 11.9. The summed E-state index contributed by atoms with van der Waals surface area (Å²) in [7, 11) is 1.58. The van der Waals surface area contributed by atoms with Gasteiger partial charge >= 0.3 is 0 Å².